The van der Waals surface area contributed by atoms with Gasteiger partial charge in [0.1, 0.15) is 6.33 Å². The zero-order valence-electron chi connectivity index (χ0n) is 18.1. The molecule has 1 unspecified atom stereocenters. The van der Waals surface area contributed by atoms with Crippen LogP contribution in [0.2, 0.25) is 0 Å². The van der Waals surface area contributed by atoms with Crippen molar-refractivity contribution in [2.45, 2.75) is 37.4 Å². The molecule has 0 spiro atoms. The molecule has 2 aliphatic heterocycles. The van der Waals surface area contributed by atoms with Gasteiger partial charge in [-0.2, -0.15) is 0 Å². The second-order valence-electron chi connectivity index (χ2n) is 8.06. The highest BCUT2D eigenvalue weighted by Crippen LogP contribution is 2.38. The van der Waals surface area contributed by atoms with Gasteiger partial charge in [-0.05, 0) is 49.1 Å². The monoisotopic (exact) mass is 450 g/mol. The van der Waals surface area contributed by atoms with Crippen LogP contribution in [0, 0.1) is 6.92 Å². The summed E-state index contributed by atoms with van der Waals surface area (Å²) in [5.41, 5.74) is 3.27. The van der Waals surface area contributed by atoms with Crippen LogP contribution in [-0.2, 0) is 4.79 Å². The van der Waals surface area contributed by atoms with Gasteiger partial charge in [-0.25, -0.2) is 0 Å². The highest BCUT2D eigenvalue weighted by Gasteiger charge is 2.31. The number of hydrogen-bond acceptors (Lipinski definition) is 6. The first-order chi connectivity index (χ1) is 15.7. The molecule has 1 fully saturated rings. The highest BCUT2D eigenvalue weighted by molar-refractivity contribution is 7.99. The van der Waals surface area contributed by atoms with Crippen molar-refractivity contribution < 1.29 is 14.3 Å². The summed E-state index contributed by atoms with van der Waals surface area (Å²) in [5.74, 6) is 2.00. The van der Waals surface area contributed by atoms with Crippen LogP contribution in [0.5, 0.6) is 11.5 Å². The van der Waals surface area contributed by atoms with E-state index in [9.17, 15) is 4.79 Å². The molecule has 0 aliphatic carbocycles. The number of para-hydroxylation sites is 1. The third-order valence-electron chi connectivity index (χ3n) is 5.95. The number of hydrogen-bond donors (Lipinski definition) is 0. The molecule has 0 bridgehead atoms. The lowest BCUT2D eigenvalue weighted by atomic mass is 10.0. The number of amides is 1. The zero-order valence-corrected chi connectivity index (χ0v) is 18.9. The molecule has 32 heavy (non-hydrogen) atoms. The first-order valence-corrected chi connectivity index (χ1v) is 12.0. The number of benzene rings is 2. The lowest BCUT2D eigenvalue weighted by Crippen LogP contribution is -2.32. The smallest absolute Gasteiger partial charge is 0.233 e. The third-order valence-corrected chi connectivity index (χ3v) is 6.87. The topological polar surface area (TPSA) is 69.5 Å². The summed E-state index contributed by atoms with van der Waals surface area (Å²) < 4.78 is 13.6. The van der Waals surface area contributed by atoms with E-state index in [1.807, 2.05) is 39.8 Å². The van der Waals surface area contributed by atoms with Gasteiger partial charge in [-0.15, -0.1) is 10.2 Å². The van der Waals surface area contributed by atoms with Crippen LogP contribution >= 0.6 is 11.8 Å². The molecule has 5 rings (SSSR count). The summed E-state index contributed by atoms with van der Waals surface area (Å²) in [7, 11) is 0. The van der Waals surface area contributed by atoms with Crippen molar-refractivity contribution in [1.82, 2.24) is 19.7 Å². The van der Waals surface area contributed by atoms with Crippen LogP contribution in [0.3, 0.4) is 0 Å². The minimum atomic E-state index is 0.0643. The predicted octanol–water partition coefficient (Wildman–Crippen LogP) is 4.19. The third kappa shape index (κ3) is 4.19. The molecule has 1 saturated heterocycles. The maximum absolute atomic E-state index is 13.2. The van der Waals surface area contributed by atoms with E-state index in [0.29, 0.717) is 19.0 Å². The maximum Gasteiger partial charge on any atom is 0.233 e. The van der Waals surface area contributed by atoms with Crippen molar-refractivity contribution in [3.63, 3.8) is 0 Å². The lowest BCUT2D eigenvalue weighted by molar-refractivity contribution is -0.129. The average Bonchev–Trinajstić information content (AvgIpc) is 3.42. The average molecular weight is 451 g/mol. The largest absolute Gasteiger partial charge is 0.490 e. The quantitative estimate of drug-likeness (QED) is 0.543. The fourth-order valence-corrected chi connectivity index (χ4v) is 5.14. The van der Waals surface area contributed by atoms with Gasteiger partial charge in [0.25, 0.3) is 0 Å². The minimum absolute atomic E-state index is 0.0643. The SMILES string of the molecule is Cc1ccccc1-n1cnnc1SCC(=O)N1CCCC1c1ccc2c(c1)OCCCO2. The van der Waals surface area contributed by atoms with Crippen LogP contribution in [-0.4, -0.2) is 51.1 Å². The van der Waals surface area contributed by atoms with Gasteiger partial charge in [0.2, 0.25) is 5.91 Å². The molecule has 1 atom stereocenters. The summed E-state index contributed by atoms with van der Waals surface area (Å²) in [6, 6.07) is 14.2. The van der Waals surface area contributed by atoms with E-state index in [2.05, 4.69) is 29.3 Å². The number of ether oxygens (including phenoxy) is 2. The molecule has 1 amide bonds. The Labute approximate surface area is 191 Å². The molecule has 3 heterocycles. The molecule has 166 valence electrons. The lowest BCUT2D eigenvalue weighted by Gasteiger charge is -2.25. The first kappa shape index (κ1) is 20.9. The highest BCUT2D eigenvalue weighted by atomic mass is 32.2. The van der Waals surface area contributed by atoms with Crippen LogP contribution in [0.25, 0.3) is 5.69 Å². The Hall–Kier alpha value is -3.00. The second-order valence-corrected chi connectivity index (χ2v) is 9.00. The Morgan fingerprint density at radius 3 is 2.84 bits per heavy atom. The molecule has 7 nitrogen and oxygen atoms in total. The number of aromatic nitrogens is 3. The van der Waals surface area contributed by atoms with E-state index in [-0.39, 0.29) is 11.9 Å². The van der Waals surface area contributed by atoms with Crippen LogP contribution in [0.1, 0.15) is 36.4 Å². The fraction of sp³-hybridized carbons (Fsp3) is 0.375. The Morgan fingerprint density at radius 2 is 1.97 bits per heavy atom. The van der Waals surface area contributed by atoms with E-state index in [1.165, 1.54) is 11.8 Å². The standard InChI is InChI=1S/C24H26N4O3S/c1-17-6-2-3-7-19(17)28-16-25-26-24(28)32-15-23(29)27-11-4-8-20(27)18-9-10-21-22(14-18)31-13-5-12-30-21/h2-3,6-7,9-10,14,16,20H,4-5,8,11-13,15H2,1H3. The number of thioether (sulfide) groups is 1. The first-order valence-electron chi connectivity index (χ1n) is 11.0. The Kier molecular flexibility index (Phi) is 6.03. The van der Waals surface area contributed by atoms with Crippen molar-refractivity contribution in [1.29, 1.82) is 0 Å². The van der Waals surface area contributed by atoms with Gasteiger partial charge in [-0.1, -0.05) is 36.0 Å². The number of likely N-dealkylation sites (tertiary alicyclic amines) is 1. The normalized spacial score (nSPS) is 17.9. The Balaban J connectivity index is 1.29. The van der Waals surface area contributed by atoms with Gasteiger partial charge in [-0.3, -0.25) is 9.36 Å². The molecule has 1 aromatic heterocycles. The maximum atomic E-state index is 13.2. The number of carbonyl (C=O) groups is 1. The molecule has 0 radical (unpaired) electrons. The number of fused-ring (bicyclic) bond motifs is 1. The van der Waals surface area contributed by atoms with Crippen molar-refractivity contribution in [2.24, 2.45) is 0 Å². The summed E-state index contributed by atoms with van der Waals surface area (Å²) >= 11 is 1.43. The van der Waals surface area contributed by atoms with Crippen molar-refractivity contribution in [3.05, 3.63) is 59.9 Å². The molecule has 3 aromatic rings. The molecular formula is C24H26N4O3S. The Morgan fingerprint density at radius 1 is 1.12 bits per heavy atom. The molecule has 2 aliphatic rings. The Bertz CT molecular complexity index is 1120. The minimum Gasteiger partial charge on any atom is -0.490 e. The summed E-state index contributed by atoms with van der Waals surface area (Å²) in [5, 5.41) is 9.03. The molecular weight excluding hydrogens is 424 g/mol. The van der Waals surface area contributed by atoms with Crippen molar-refractivity contribution in [3.8, 4) is 17.2 Å². The van der Waals surface area contributed by atoms with Gasteiger partial charge >= 0.3 is 0 Å². The van der Waals surface area contributed by atoms with Gasteiger partial charge in [0.05, 0.1) is 30.7 Å². The van der Waals surface area contributed by atoms with Gasteiger partial charge in [0.15, 0.2) is 16.7 Å². The fourth-order valence-electron chi connectivity index (χ4n) is 4.33. The van der Waals surface area contributed by atoms with Crippen LogP contribution < -0.4 is 9.47 Å². The molecule has 0 saturated carbocycles. The summed E-state index contributed by atoms with van der Waals surface area (Å²) in [6.07, 6.45) is 4.53. The molecule has 8 heteroatoms. The van der Waals surface area contributed by atoms with E-state index >= 15 is 0 Å². The van der Waals surface area contributed by atoms with E-state index in [1.54, 1.807) is 6.33 Å². The predicted molar refractivity (Wildman–Crippen MR) is 123 cm³/mol. The summed E-state index contributed by atoms with van der Waals surface area (Å²) in [4.78, 5) is 15.2. The second kappa shape index (κ2) is 9.24. The van der Waals surface area contributed by atoms with E-state index in [0.717, 1.165) is 59.3 Å². The number of carbonyl (C=O) groups excluding carboxylic acids is 1. The number of rotatable bonds is 5. The van der Waals surface area contributed by atoms with Crippen molar-refractivity contribution >= 4 is 17.7 Å². The van der Waals surface area contributed by atoms with Crippen LogP contribution in [0.4, 0.5) is 0 Å². The van der Waals surface area contributed by atoms with Gasteiger partial charge in [0, 0.05) is 13.0 Å². The van der Waals surface area contributed by atoms with E-state index < -0.39 is 0 Å². The zero-order chi connectivity index (χ0) is 21.9. The molecule has 2 aromatic carbocycles. The van der Waals surface area contributed by atoms with E-state index in [4.69, 9.17) is 9.47 Å². The molecule has 0 N–H and O–H groups in total. The number of nitrogens with zero attached hydrogens (tertiary/aromatic N) is 4. The summed E-state index contributed by atoms with van der Waals surface area (Å²) in [6.45, 7) is 4.15. The van der Waals surface area contributed by atoms with Crippen LogP contribution in [0.15, 0.2) is 53.9 Å². The number of aryl methyl sites for hydroxylation is 1. The van der Waals surface area contributed by atoms with Crippen molar-refractivity contribution in [2.75, 3.05) is 25.5 Å². The van der Waals surface area contributed by atoms with Gasteiger partial charge < -0.3 is 14.4 Å².